The molecule has 0 amide bonds. The summed E-state index contributed by atoms with van der Waals surface area (Å²) in [6.45, 7) is 6.99. The minimum atomic E-state index is 0.370. The van der Waals surface area contributed by atoms with E-state index >= 15 is 0 Å². The van der Waals surface area contributed by atoms with Gasteiger partial charge in [0, 0.05) is 13.1 Å². The molecule has 0 bridgehead atoms. The smallest absolute Gasteiger partial charge is 0.164 e. The second kappa shape index (κ2) is 7.64. The van der Waals surface area contributed by atoms with Crippen LogP contribution in [0.25, 0.3) is 0 Å². The molecule has 0 aliphatic rings. The van der Waals surface area contributed by atoms with Crippen LogP contribution in [0.15, 0.2) is 24.5 Å². The zero-order valence-corrected chi connectivity index (χ0v) is 12.8. The molecule has 114 valence electrons. The molecule has 0 aliphatic carbocycles. The molecule has 1 N–H and O–H groups in total. The van der Waals surface area contributed by atoms with Crippen molar-refractivity contribution in [1.82, 2.24) is 20.1 Å². The number of nitrogens with one attached hydrogen (secondary N) is 1. The van der Waals surface area contributed by atoms with Gasteiger partial charge >= 0.3 is 0 Å². The summed E-state index contributed by atoms with van der Waals surface area (Å²) in [5.41, 5.74) is 1.16. The van der Waals surface area contributed by atoms with Crippen LogP contribution in [-0.2, 0) is 19.7 Å². The summed E-state index contributed by atoms with van der Waals surface area (Å²) < 4.78 is 13.0. The van der Waals surface area contributed by atoms with Crippen LogP contribution in [0.4, 0.5) is 0 Å². The second-order valence-electron chi connectivity index (χ2n) is 4.55. The lowest BCUT2D eigenvalue weighted by molar-refractivity contribution is 0.269. The van der Waals surface area contributed by atoms with Crippen LogP contribution < -0.4 is 14.8 Å². The van der Waals surface area contributed by atoms with E-state index in [0.29, 0.717) is 6.61 Å². The molecule has 0 aliphatic heterocycles. The fourth-order valence-corrected chi connectivity index (χ4v) is 2.02. The van der Waals surface area contributed by atoms with Crippen LogP contribution in [0.5, 0.6) is 11.5 Å². The summed E-state index contributed by atoms with van der Waals surface area (Å²) in [4.78, 5) is 4.20. The van der Waals surface area contributed by atoms with E-state index in [1.165, 1.54) is 0 Å². The number of aromatic nitrogens is 3. The maximum absolute atomic E-state index is 5.86. The molecule has 0 atom stereocenters. The number of methoxy groups -OCH3 is 1. The molecule has 0 unspecified atom stereocenters. The van der Waals surface area contributed by atoms with Gasteiger partial charge in [-0.25, -0.2) is 9.67 Å². The highest BCUT2D eigenvalue weighted by molar-refractivity contribution is 5.43. The number of benzene rings is 1. The van der Waals surface area contributed by atoms with E-state index in [1.54, 1.807) is 13.4 Å². The van der Waals surface area contributed by atoms with Gasteiger partial charge in [0.05, 0.1) is 7.11 Å². The van der Waals surface area contributed by atoms with Crippen molar-refractivity contribution in [3.8, 4) is 11.5 Å². The van der Waals surface area contributed by atoms with Crippen molar-refractivity contribution in [2.24, 2.45) is 0 Å². The van der Waals surface area contributed by atoms with Gasteiger partial charge < -0.3 is 14.8 Å². The Morgan fingerprint density at radius 1 is 1.24 bits per heavy atom. The first-order valence-corrected chi connectivity index (χ1v) is 7.15. The van der Waals surface area contributed by atoms with E-state index in [4.69, 9.17) is 9.47 Å². The van der Waals surface area contributed by atoms with Crippen LogP contribution in [0, 0.1) is 0 Å². The highest BCUT2D eigenvalue weighted by Crippen LogP contribution is 2.28. The number of nitrogens with zero attached hydrogens (tertiary/aromatic N) is 3. The number of aryl methyl sites for hydroxylation is 1. The first-order chi connectivity index (χ1) is 10.3. The van der Waals surface area contributed by atoms with Crippen molar-refractivity contribution in [2.45, 2.75) is 33.5 Å². The predicted molar refractivity (Wildman–Crippen MR) is 80.4 cm³/mol. The first-order valence-electron chi connectivity index (χ1n) is 7.15. The molecule has 1 heterocycles. The molecule has 1 aromatic carbocycles. The van der Waals surface area contributed by atoms with Crippen LogP contribution in [0.1, 0.15) is 25.2 Å². The Bertz CT molecular complexity index is 569. The highest BCUT2D eigenvalue weighted by Gasteiger charge is 2.09. The third-order valence-electron chi connectivity index (χ3n) is 3.16. The van der Waals surface area contributed by atoms with E-state index in [0.717, 1.165) is 42.5 Å². The van der Waals surface area contributed by atoms with Gasteiger partial charge in [0.2, 0.25) is 0 Å². The van der Waals surface area contributed by atoms with Crippen molar-refractivity contribution in [3.63, 3.8) is 0 Å². The summed E-state index contributed by atoms with van der Waals surface area (Å²) in [5, 5.41) is 7.43. The van der Waals surface area contributed by atoms with Gasteiger partial charge in [0.15, 0.2) is 17.3 Å². The topological polar surface area (TPSA) is 61.2 Å². The minimum absolute atomic E-state index is 0.370. The van der Waals surface area contributed by atoms with E-state index < -0.39 is 0 Å². The highest BCUT2D eigenvalue weighted by atomic mass is 16.5. The largest absolute Gasteiger partial charge is 0.493 e. The van der Waals surface area contributed by atoms with Gasteiger partial charge in [0.25, 0.3) is 0 Å². The summed E-state index contributed by atoms with van der Waals surface area (Å²) in [6, 6.07) is 5.95. The van der Waals surface area contributed by atoms with Crippen LogP contribution in [0.2, 0.25) is 0 Å². The summed E-state index contributed by atoms with van der Waals surface area (Å²) in [7, 11) is 1.64. The minimum Gasteiger partial charge on any atom is -0.493 e. The van der Waals surface area contributed by atoms with Crippen molar-refractivity contribution < 1.29 is 9.47 Å². The maximum Gasteiger partial charge on any atom is 0.164 e. The van der Waals surface area contributed by atoms with Crippen molar-refractivity contribution in [3.05, 3.63) is 35.9 Å². The number of ether oxygens (including phenoxy) is 2. The van der Waals surface area contributed by atoms with Gasteiger partial charge in [-0.1, -0.05) is 13.0 Å². The summed E-state index contributed by atoms with van der Waals surface area (Å²) in [5.74, 6) is 2.24. The molecule has 2 aromatic rings. The molecule has 6 heteroatoms. The zero-order valence-electron chi connectivity index (χ0n) is 12.8. The third-order valence-corrected chi connectivity index (χ3v) is 3.16. The van der Waals surface area contributed by atoms with Crippen LogP contribution >= 0.6 is 0 Å². The number of hydrogen-bond donors (Lipinski definition) is 1. The van der Waals surface area contributed by atoms with E-state index in [-0.39, 0.29) is 0 Å². The quantitative estimate of drug-likeness (QED) is 0.805. The van der Waals surface area contributed by atoms with E-state index in [9.17, 15) is 0 Å². The van der Waals surface area contributed by atoms with Crippen LogP contribution in [0.3, 0.4) is 0 Å². The molecule has 0 radical (unpaired) electrons. The van der Waals surface area contributed by atoms with Gasteiger partial charge in [0.1, 0.15) is 12.9 Å². The molecular weight excluding hydrogens is 268 g/mol. The van der Waals surface area contributed by atoms with E-state index in [2.05, 4.69) is 22.3 Å². The Morgan fingerprint density at radius 2 is 2.10 bits per heavy atom. The molecule has 0 fully saturated rings. The molecule has 6 nitrogen and oxygen atoms in total. The number of rotatable bonds is 8. The first kappa shape index (κ1) is 15.3. The molecule has 2 rings (SSSR count). The lowest BCUT2D eigenvalue weighted by Crippen LogP contribution is -2.12. The monoisotopic (exact) mass is 290 g/mol. The lowest BCUT2D eigenvalue weighted by atomic mass is 10.2. The molecule has 0 saturated carbocycles. The average molecular weight is 290 g/mol. The van der Waals surface area contributed by atoms with Gasteiger partial charge in [-0.3, -0.25) is 0 Å². The summed E-state index contributed by atoms with van der Waals surface area (Å²) in [6.07, 6.45) is 1.54. The Kier molecular flexibility index (Phi) is 5.57. The molecule has 21 heavy (non-hydrogen) atoms. The second-order valence-corrected chi connectivity index (χ2v) is 4.55. The van der Waals surface area contributed by atoms with Crippen molar-refractivity contribution in [2.75, 3.05) is 13.7 Å². The lowest BCUT2D eigenvalue weighted by Gasteiger charge is -2.12. The Morgan fingerprint density at radius 3 is 2.81 bits per heavy atom. The number of hydrogen-bond acceptors (Lipinski definition) is 5. The average Bonchev–Trinajstić information content (AvgIpc) is 2.98. The standard InChI is InChI=1S/C15H22N4O2/c1-4-16-9-12-6-7-13(20-3)14(8-12)21-10-15-17-11-18-19(15)5-2/h6-8,11,16H,4-5,9-10H2,1-3H3. The Labute approximate surface area is 125 Å². The van der Waals surface area contributed by atoms with Gasteiger partial charge in [-0.05, 0) is 31.2 Å². The molecular formula is C15H22N4O2. The molecule has 1 aromatic heterocycles. The maximum atomic E-state index is 5.86. The fraction of sp³-hybridized carbons (Fsp3) is 0.467. The van der Waals surface area contributed by atoms with Gasteiger partial charge in [-0.15, -0.1) is 0 Å². The molecule has 0 saturated heterocycles. The van der Waals surface area contributed by atoms with Gasteiger partial charge in [-0.2, -0.15) is 5.10 Å². The fourth-order valence-electron chi connectivity index (χ4n) is 2.02. The Hall–Kier alpha value is -2.08. The SMILES string of the molecule is CCNCc1ccc(OC)c(OCc2ncnn2CC)c1. The third kappa shape index (κ3) is 3.95. The summed E-state index contributed by atoms with van der Waals surface area (Å²) >= 11 is 0. The van der Waals surface area contributed by atoms with Crippen LogP contribution in [-0.4, -0.2) is 28.4 Å². The Balaban J connectivity index is 2.09. The molecule has 0 spiro atoms. The van der Waals surface area contributed by atoms with E-state index in [1.807, 2.05) is 29.8 Å². The normalized spacial score (nSPS) is 10.6. The predicted octanol–water partition coefficient (Wildman–Crippen LogP) is 2.00. The van der Waals surface area contributed by atoms with Crippen molar-refractivity contribution >= 4 is 0 Å². The van der Waals surface area contributed by atoms with Crippen molar-refractivity contribution in [1.29, 1.82) is 0 Å². The zero-order chi connectivity index (χ0) is 15.1.